The molecule has 78 valence electrons. The van der Waals surface area contributed by atoms with Crippen LogP contribution < -0.4 is 0 Å². The molecule has 3 nitrogen and oxygen atoms in total. The lowest BCUT2D eigenvalue weighted by Gasteiger charge is -2.15. The van der Waals surface area contributed by atoms with Gasteiger partial charge in [-0.3, -0.25) is 0 Å². The first-order valence-electron chi connectivity index (χ1n) is 3.62. The van der Waals surface area contributed by atoms with E-state index in [0.717, 1.165) is 0 Å². The molecule has 0 amide bonds. The molecule has 0 aliphatic heterocycles. The summed E-state index contributed by atoms with van der Waals surface area (Å²) in [5.41, 5.74) is 0. The first-order valence-corrected chi connectivity index (χ1v) is 3.62. The third-order valence-electron chi connectivity index (χ3n) is 1.45. The summed E-state index contributed by atoms with van der Waals surface area (Å²) >= 11 is 0. The minimum absolute atomic E-state index is 0.122. The monoisotopic (exact) mass is 202 g/mol. The van der Waals surface area contributed by atoms with Crippen molar-refractivity contribution in [2.24, 2.45) is 0 Å². The van der Waals surface area contributed by atoms with E-state index in [1.807, 2.05) is 0 Å². The van der Waals surface area contributed by atoms with Gasteiger partial charge in [0.15, 0.2) is 0 Å². The average Bonchev–Trinajstić information content (AvgIpc) is 1.96. The van der Waals surface area contributed by atoms with Crippen molar-refractivity contribution in [1.82, 2.24) is 10.7 Å². The molecule has 0 rings (SSSR count). The van der Waals surface area contributed by atoms with Crippen LogP contribution in [0.4, 0.5) is 17.9 Å². The summed E-state index contributed by atoms with van der Waals surface area (Å²) in [6.45, 7) is 0.154. The van der Waals surface area contributed by atoms with Crippen molar-refractivity contribution in [2.45, 2.75) is 25.8 Å². The molecule has 0 saturated heterocycles. The van der Waals surface area contributed by atoms with Crippen LogP contribution in [-0.2, 0) is 4.79 Å². The standard InChI is InChI=1S/C6H10F4N2O/c1-5(13)2-3-6(12(9)10)4-11(7)8/h6H,2-4H2,1H3. The van der Waals surface area contributed by atoms with Gasteiger partial charge in [0.2, 0.25) is 0 Å². The summed E-state index contributed by atoms with van der Waals surface area (Å²) in [4.78, 5) is 10.4. The third-order valence-corrected chi connectivity index (χ3v) is 1.45. The van der Waals surface area contributed by atoms with E-state index in [1.165, 1.54) is 6.92 Å². The van der Waals surface area contributed by atoms with Gasteiger partial charge in [0.1, 0.15) is 5.78 Å². The van der Waals surface area contributed by atoms with Gasteiger partial charge in [-0.05, 0) is 13.3 Å². The zero-order valence-electron chi connectivity index (χ0n) is 7.01. The Hall–Kier alpha value is -0.690. The van der Waals surface area contributed by atoms with E-state index in [2.05, 4.69) is 0 Å². The molecule has 0 fully saturated rings. The van der Waals surface area contributed by atoms with Gasteiger partial charge in [-0.1, -0.05) is 0 Å². The zero-order chi connectivity index (χ0) is 10.4. The van der Waals surface area contributed by atoms with Crippen LogP contribution in [0.1, 0.15) is 19.8 Å². The van der Waals surface area contributed by atoms with Gasteiger partial charge in [-0.2, -0.15) is 0 Å². The Bertz CT molecular complexity index is 165. The van der Waals surface area contributed by atoms with Crippen molar-refractivity contribution in [3.63, 3.8) is 0 Å². The number of carbonyl (C=O) groups excluding carboxylic acids is 1. The van der Waals surface area contributed by atoms with E-state index in [-0.39, 0.29) is 18.6 Å². The predicted molar refractivity (Wildman–Crippen MR) is 36.7 cm³/mol. The molecule has 0 radical (unpaired) electrons. The van der Waals surface area contributed by atoms with Gasteiger partial charge in [-0.15, -0.1) is 17.9 Å². The van der Waals surface area contributed by atoms with E-state index in [0.29, 0.717) is 0 Å². The van der Waals surface area contributed by atoms with Crippen molar-refractivity contribution in [1.29, 1.82) is 0 Å². The van der Waals surface area contributed by atoms with Crippen molar-refractivity contribution >= 4 is 5.78 Å². The molecule has 0 aromatic carbocycles. The Morgan fingerprint density at radius 3 is 2.15 bits per heavy atom. The third kappa shape index (κ3) is 6.47. The second kappa shape index (κ2) is 5.87. The summed E-state index contributed by atoms with van der Waals surface area (Å²) in [6.07, 6.45) is -0.393. The summed E-state index contributed by atoms with van der Waals surface area (Å²) < 4.78 is 46.9. The maximum absolute atomic E-state index is 11.9. The van der Waals surface area contributed by atoms with Crippen molar-refractivity contribution in [3.05, 3.63) is 0 Å². The van der Waals surface area contributed by atoms with Crippen LogP contribution in [-0.4, -0.2) is 29.1 Å². The Kier molecular flexibility index (Phi) is 5.56. The van der Waals surface area contributed by atoms with Gasteiger partial charge in [0.05, 0.1) is 12.6 Å². The fourth-order valence-corrected chi connectivity index (χ4v) is 0.780. The number of ketones is 1. The smallest absolute Gasteiger partial charge is 0.129 e. The van der Waals surface area contributed by atoms with Crippen LogP contribution in [0, 0.1) is 0 Å². The molecule has 0 aromatic rings. The maximum atomic E-state index is 11.9. The van der Waals surface area contributed by atoms with Crippen LogP contribution in [0.15, 0.2) is 0 Å². The average molecular weight is 202 g/mol. The summed E-state index contributed by atoms with van der Waals surface area (Å²) in [5.74, 6) is -0.295. The Balaban J connectivity index is 3.87. The van der Waals surface area contributed by atoms with E-state index < -0.39 is 23.3 Å². The second-order valence-corrected chi connectivity index (χ2v) is 2.64. The van der Waals surface area contributed by atoms with Crippen molar-refractivity contribution in [2.75, 3.05) is 6.54 Å². The Labute approximate surface area is 72.6 Å². The molecular weight excluding hydrogens is 192 g/mol. The van der Waals surface area contributed by atoms with E-state index in [9.17, 15) is 22.7 Å². The van der Waals surface area contributed by atoms with Crippen LogP contribution >= 0.6 is 0 Å². The van der Waals surface area contributed by atoms with Gasteiger partial charge >= 0.3 is 0 Å². The van der Waals surface area contributed by atoms with Crippen LogP contribution in [0.2, 0.25) is 0 Å². The number of nitrogens with zero attached hydrogens (tertiary/aromatic N) is 2. The first-order chi connectivity index (χ1) is 5.93. The number of carbonyl (C=O) groups is 1. The molecule has 0 spiro atoms. The quantitative estimate of drug-likeness (QED) is 0.485. The molecule has 0 aromatic heterocycles. The number of hydrogen-bond donors (Lipinski definition) is 0. The lowest BCUT2D eigenvalue weighted by atomic mass is 10.1. The summed E-state index contributed by atoms with van der Waals surface area (Å²) in [6, 6.07) is -1.60. The minimum Gasteiger partial charge on any atom is -0.300 e. The molecule has 1 atom stereocenters. The lowest BCUT2D eigenvalue weighted by molar-refractivity contribution is -0.231. The summed E-state index contributed by atoms with van der Waals surface area (Å²) in [5, 5.41) is -2.62. The molecule has 0 aliphatic carbocycles. The van der Waals surface area contributed by atoms with E-state index in [1.54, 1.807) is 0 Å². The van der Waals surface area contributed by atoms with Crippen molar-refractivity contribution < 1.29 is 22.7 Å². The highest BCUT2D eigenvalue weighted by Crippen LogP contribution is 2.11. The molecule has 1 unspecified atom stereocenters. The topological polar surface area (TPSA) is 23.6 Å². The highest BCUT2D eigenvalue weighted by Gasteiger charge is 2.22. The molecule has 0 aliphatic rings. The molecule has 13 heavy (non-hydrogen) atoms. The number of hydrogen-bond acceptors (Lipinski definition) is 3. The van der Waals surface area contributed by atoms with Crippen LogP contribution in [0.5, 0.6) is 0 Å². The largest absolute Gasteiger partial charge is 0.300 e. The lowest BCUT2D eigenvalue weighted by Crippen LogP contribution is -2.30. The Morgan fingerprint density at radius 1 is 1.31 bits per heavy atom. The molecule has 0 bridgehead atoms. The predicted octanol–water partition coefficient (Wildman–Crippen LogP) is 1.87. The van der Waals surface area contributed by atoms with E-state index in [4.69, 9.17) is 0 Å². The highest BCUT2D eigenvalue weighted by molar-refractivity contribution is 5.75. The van der Waals surface area contributed by atoms with E-state index >= 15 is 0 Å². The highest BCUT2D eigenvalue weighted by atomic mass is 19.4. The summed E-state index contributed by atoms with van der Waals surface area (Å²) in [7, 11) is 0. The van der Waals surface area contributed by atoms with Gasteiger partial charge < -0.3 is 4.79 Å². The molecule has 7 heteroatoms. The molecular formula is C6H10F4N2O. The fourth-order valence-electron chi connectivity index (χ4n) is 0.780. The van der Waals surface area contributed by atoms with Gasteiger partial charge in [0.25, 0.3) is 0 Å². The normalized spacial score (nSPS) is 13.8. The van der Waals surface area contributed by atoms with Gasteiger partial charge in [-0.25, -0.2) is 0 Å². The van der Waals surface area contributed by atoms with Crippen LogP contribution in [0.3, 0.4) is 0 Å². The molecule has 0 heterocycles. The second-order valence-electron chi connectivity index (χ2n) is 2.64. The first kappa shape index (κ1) is 12.3. The van der Waals surface area contributed by atoms with Crippen LogP contribution in [0.25, 0.3) is 0 Å². The SMILES string of the molecule is CC(=O)CCC(CN(F)F)N(F)F. The number of halogens is 4. The molecule has 0 N–H and O–H groups in total. The number of Topliss-reactive ketones (excluding diaryl/α,β-unsaturated/α-hetero) is 1. The maximum Gasteiger partial charge on any atom is 0.129 e. The zero-order valence-corrected chi connectivity index (χ0v) is 7.01. The van der Waals surface area contributed by atoms with Gasteiger partial charge in [0, 0.05) is 17.1 Å². The minimum atomic E-state index is -1.60. The molecule has 0 saturated carbocycles. The van der Waals surface area contributed by atoms with Crippen molar-refractivity contribution in [3.8, 4) is 0 Å². The Morgan fingerprint density at radius 2 is 1.85 bits per heavy atom. The number of rotatable bonds is 6. The fraction of sp³-hybridized carbons (Fsp3) is 0.833.